The first kappa shape index (κ1) is 20.5. The van der Waals surface area contributed by atoms with Crippen LogP contribution in [0.15, 0.2) is 42.5 Å². The number of carbonyl (C=O) groups excluding carboxylic acids is 1. The molecule has 1 aliphatic heterocycles. The zero-order chi connectivity index (χ0) is 21.1. The van der Waals surface area contributed by atoms with Crippen LogP contribution in [0.2, 0.25) is 0 Å². The number of fused-ring (bicyclic) bond motifs is 3. The predicted molar refractivity (Wildman–Crippen MR) is 128 cm³/mol. The first-order valence-electron chi connectivity index (χ1n) is 9.71. The SMILES string of the molecule is Cc1ccc(C(=O)N2c3ccc(C(C)(C)C)cc3-c3c(ssc3=S)C2(C)C)cc1. The van der Waals surface area contributed by atoms with E-state index in [9.17, 15) is 4.79 Å². The highest BCUT2D eigenvalue weighted by Crippen LogP contribution is 2.53. The molecule has 3 aromatic rings. The number of anilines is 1. The summed E-state index contributed by atoms with van der Waals surface area (Å²) in [6, 6.07) is 14.3. The summed E-state index contributed by atoms with van der Waals surface area (Å²) in [7, 11) is 3.33. The number of benzene rings is 2. The highest BCUT2D eigenvalue weighted by Gasteiger charge is 2.43. The van der Waals surface area contributed by atoms with Crippen molar-refractivity contribution < 1.29 is 4.79 Å². The predicted octanol–water partition coefficient (Wildman–Crippen LogP) is 7.71. The van der Waals surface area contributed by atoms with Crippen LogP contribution < -0.4 is 4.90 Å². The minimum Gasteiger partial charge on any atom is -0.297 e. The third-order valence-corrected chi connectivity index (χ3v) is 8.95. The second-order valence-electron chi connectivity index (χ2n) is 9.21. The van der Waals surface area contributed by atoms with Gasteiger partial charge in [-0.05, 0) is 56.0 Å². The van der Waals surface area contributed by atoms with Gasteiger partial charge < -0.3 is 0 Å². The molecule has 5 heteroatoms. The molecule has 1 aromatic heterocycles. The van der Waals surface area contributed by atoms with Gasteiger partial charge in [0.1, 0.15) is 3.82 Å². The highest BCUT2D eigenvalue weighted by molar-refractivity contribution is 7.80. The molecule has 4 rings (SSSR count). The van der Waals surface area contributed by atoms with Crippen molar-refractivity contribution >= 4 is 44.5 Å². The van der Waals surface area contributed by atoms with Gasteiger partial charge in [-0.15, -0.1) is 0 Å². The lowest BCUT2D eigenvalue weighted by Gasteiger charge is -2.43. The summed E-state index contributed by atoms with van der Waals surface area (Å²) >= 11 is 5.73. The molecule has 2 heterocycles. The van der Waals surface area contributed by atoms with E-state index in [1.165, 1.54) is 10.4 Å². The van der Waals surface area contributed by atoms with Gasteiger partial charge in [-0.2, -0.15) is 0 Å². The molecule has 0 spiro atoms. The Hall–Kier alpha value is -1.82. The third kappa shape index (κ3) is 3.29. The molecule has 0 unspecified atom stereocenters. The number of hydrogen-bond acceptors (Lipinski definition) is 4. The van der Waals surface area contributed by atoms with Crippen LogP contribution in [-0.2, 0) is 11.0 Å². The molecular formula is C24H25NOS3. The fraction of sp³-hybridized carbons (Fsp3) is 0.333. The third-order valence-electron chi connectivity index (χ3n) is 5.62. The minimum atomic E-state index is -0.466. The van der Waals surface area contributed by atoms with Gasteiger partial charge in [-0.3, -0.25) is 9.69 Å². The van der Waals surface area contributed by atoms with Gasteiger partial charge in [-0.1, -0.05) is 77.4 Å². The van der Waals surface area contributed by atoms with Crippen LogP contribution in [-0.4, -0.2) is 5.91 Å². The van der Waals surface area contributed by atoms with E-state index in [4.69, 9.17) is 12.2 Å². The number of aryl methyl sites for hydroxylation is 1. The Kier molecular flexibility index (Phi) is 4.84. The van der Waals surface area contributed by atoms with Crippen LogP contribution in [0.5, 0.6) is 0 Å². The second-order valence-corrected chi connectivity index (χ2v) is 12.0. The molecule has 1 aliphatic rings. The fourth-order valence-corrected chi connectivity index (χ4v) is 7.17. The van der Waals surface area contributed by atoms with Crippen LogP contribution in [0.4, 0.5) is 5.69 Å². The molecular weight excluding hydrogens is 414 g/mol. The summed E-state index contributed by atoms with van der Waals surface area (Å²) in [6.07, 6.45) is 0. The number of hydrogen-bond donors (Lipinski definition) is 0. The van der Waals surface area contributed by atoms with E-state index in [2.05, 4.69) is 52.8 Å². The molecule has 2 nitrogen and oxygen atoms in total. The summed E-state index contributed by atoms with van der Waals surface area (Å²) in [5.41, 5.74) is 5.81. The fourth-order valence-electron chi connectivity index (χ4n) is 3.88. The van der Waals surface area contributed by atoms with Crippen molar-refractivity contribution in [1.82, 2.24) is 0 Å². The first-order valence-corrected chi connectivity index (χ1v) is 12.3. The van der Waals surface area contributed by atoms with Gasteiger partial charge in [0.15, 0.2) is 0 Å². The quantitative estimate of drug-likeness (QED) is 0.286. The van der Waals surface area contributed by atoms with Crippen molar-refractivity contribution in [3.63, 3.8) is 0 Å². The zero-order valence-corrected chi connectivity index (χ0v) is 20.1. The molecule has 150 valence electrons. The molecule has 0 aliphatic carbocycles. The Morgan fingerprint density at radius 3 is 2.31 bits per heavy atom. The van der Waals surface area contributed by atoms with Crippen molar-refractivity contribution in [3.8, 4) is 11.1 Å². The lowest BCUT2D eigenvalue weighted by atomic mass is 9.81. The van der Waals surface area contributed by atoms with E-state index in [0.29, 0.717) is 5.56 Å². The molecule has 0 radical (unpaired) electrons. The van der Waals surface area contributed by atoms with Crippen LogP contribution in [0, 0.1) is 10.7 Å². The topological polar surface area (TPSA) is 20.3 Å². The maximum atomic E-state index is 13.7. The van der Waals surface area contributed by atoms with E-state index < -0.39 is 5.54 Å². The number of amides is 1. The average Bonchev–Trinajstić information content (AvgIpc) is 3.04. The molecule has 0 fully saturated rings. The lowest BCUT2D eigenvalue weighted by Crippen LogP contribution is -2.47. The van der Waals surface area contributed by atoms with Crippen molar-refractivity contribution in [2.45, 2.75) is 52.5 Å². The van der Waals surface area contributed by atoms with Gasteiger partial charge in [-0.25, -0.2) is 0 Å². The highest BCUT2D eigenvalue weighted by atomic mass is 32.9. The molecule has 0 N–H and O–H groups in total. The van der Waals surface area contributed by atoms with Crippen molar-refractivity contribution in [2.24, 2.45) is 0 Å². The van der Waals surface area contributed by atoms with Crippen LogP contribution >= 0.6 is 32.9 Å². The molecule has 2 aromatic carbocycles. The Labute approximate surface area is 185 Å². The van der Waals surface area contributed by atoms with E-state index >= 15 is 0 Å². The molecule has 0 saturated carbocycles. The standard InChI is InChI=1S/C24H25NOS3/c1-14-7-9-15(10-8-14)21(26)25-18-12-11-16(23(2,3)4)13-17(18)19-20(24(25,5)6)28-29-22(19)27/h7-13H,1-6H3. The summed E-state index contributed by atoms with van der Waals surface area (Å²) in [4.78, 5) is 16.8. The monoisotopic (exact) mass is 439 g/mol. The largest absolute Gasteiger partial charge is 0.297 e. The smallest absolute Gasteiger partial charge is 0.259 e. The average molecular weight is 440 g/mol. The molecule has 29 heavy (non-hydrogen) atoms. The van der Waals surface area contributed by atoms with Crippen LogP contribution in [0.1, 0.15) is 61.0 Å². The van der Waals surface area contributed by atoms with E-state index in [1.807, 2.05) is 36.1 Å². The maximum absolute atomic E-state index is 13.7. The van der Waals surface area contributed by atoms with Gasteiger partial charge >= 0.3 is 0 Å². The molecule has 0 atom stereocenters. The molecule has 0 saturated heterocycles. The number of rotatable bonds is 1. The Morgan fingerprint density at radius 2 is 1.69 bits per heavy atom. The summed E-state index contributed by atoms with van der Waals surface area (Å²) in [5.74, 6) is 0.0229. The van der Waals surface area contributed by atoms with Gasteiger partial charge in [0.25, 0.3) is 5.91 Å². The van der Waals surface area contributed by atoms with Crippen molar-refractivity contribution in [3.05, 3.63) is 67.9 Å². The Bertz CT molecular complexity index is 1160. The van der Waals surface area contributed by atoms with E-state index in [-0.39, 0.29) is 11.3 Å². The van der Waals surface area contributed by atoms with E-state index in [1.54, 1.807) is 20.7 Å². The van der Waals surface area contributed by atoms with Crippen LogP contribution in [0.3, 0.4) is 0 Å². The Balaban J connectivity index is 1.97. The van der Waals surface area contributed by atoms with Gasteiger partial charge in [0, 0.05) is 16.7 Å². The van der Waals surface area contributed by atoms with Gasteiger partial charge in [0.2, 0.25) is 0 Å². The normalized spacial score (nSPS) is 15.0. The van der Waals surface area contributed by atoms with Crippen LogP contribution in [0.25, 0.3) is 11.1 Å². The first-order chi connectivity index (χ1) is 13.5. The summed E-state index contributed by atoms with van der Waals surface area (Å²) in [5, 5.41) is 0. The Morgan fingerprint density at radius 1 is 1.03 bits per heavy atom. The molecule has 1 amide bonds. The van der Waals surface area contributed by atoms with Crippen molar-refractivity contribution in [2.75, 3.05) is 4.90 Å². The van der Waals surface area contributed by atoms with Gasteiger partial charge in [0.05, 0.1) is 16.1 Å². The van der Waals surface area contributed by atoms with E-state index in [0.717, 1.165) is 26.2 Å². The number of carbonyl (C=O) groups is 1. The lowest BCUT2D eigenvalue weighted by molar-refractivity contribution is 0.0961. The minimum absolute atomic E-state index is 0.0228. The second kappa shape index (κ2) is 6.86. The molecule has 0 bridgehead atoms. The zero-order valence-electron chi connectivity index (χ0n) is 17.6. The van der Waals surface area contributed by atoms with Crippen molar-refractivity contribution in [1.29, 1.82) is 0 Å². The maximum Gasteiger partial charge on any atom is 0.259 e. The summed E-state index contributed by atoms with van der Waals surface area (Å²) in [6.45, 7) is 12.9. The summed E-state index contributed by atoms with van der Waals surface area (Å²) < 4.78 is 0.910. The number of nitrogens with zero attached hydrogens (tertiary/aromatic N) is 1.